The molecule has 0 radical (unpaired) electrons. The molecule has 1 N–H and O–H groups in total. The number of nitrogens with zero attached hydrogens (tertiary/aromatic N) is 1. The lowest BCUT2D eigenvalue weighted by molar-refractivity contribution is -0.870. The maximum Gasteiger partial charge on any atom is 0.472 e. The van der Waals surface area contributed by atoms with E-state index in [1.165, 1.54) is 25.7 Å². The van der Waals surface area contributed by atoms with E-state index in [4.69, 9.17) is 18.5 Å². The summed E-state index contributed by atoms with van der Waals surface area (Å²) in [5.41, 5.74) is 0. The zero-order chi connectivity index (χ0) is 41.4. The number of allylic oxidation sites excluding steroid dienone is 12. The number of carbonyl (C=O) groups is 2. The molecule has 1 unspecified atom stereocenters. The van der Waals surface area contributed by atoms with Crippen molar-refractivity contribution in [3.05, 3.63) is 72.9 Å². The lowest BCUT2D eigenvalue weighted by Gasteiger charge is -2.24. The topological polar surface area (TPSA) is 108 Å². The molecule has 0 amide bonds. The van der Waals surface area contributed by atoms with E-state index in [2.05, 4.69) is 86.8 Å². The lowest BCUT2D eigenvalue weighted by Crippen LogP contribution is -2.37. The van der Waals surface area contributed by atoms with Crippen molar-refractivity contribution in [3.8, 4) is 0 Å². The number of carbonyl (C=O) groups excluding carboxylic acids is 2. The van der Waals surface area contributed by atoms with Crippen LogP contribution in [0.5, 0.6) is 0 Å². The minimum Gasteiger partial charge on any atom is -0.462 e. The fraction of sp³-hybridized carbons (Fsp3) is 0.696. The summed E-state index contributed by atoms with van der Waals surface area (Å²) in [6.45, 7) is 4.21. The average molecular weight is 807 g/mol. The van der Waals surface area contributed by atoms with Crippen LogP contribution in [-0.4, -0.2) is 74.9 Å². The van der Waals surface area contributed by atoms with Gasteiger partial charge in [0.05, 0.1) is 27.7 Å². The second-order valence-electron chi connectivity index (χ2n) is 15.3. The van der Waals surface area contributed by atoms with Crippen molar-refractivity contribution in [2.24, 2.45) is 0 Å². The number of rotatable bonds is 38. The third kappa shape index (κ3) is 41.1. The smallest absolute Gasteiger partial charge is 0.462 e. The molecule has 9 nitrogen and oxygen atoms in total. The van der Waals surface area contributed by atoms with Crippen LogP contribution in [0.2, 0.25) is 0 Å². The van der Waals surface area contributed by atoms with Gasteiger partial charge in [-0.15, -0.1) is 0 Å². The Kier molecular flexibility index (Phi) is 36.3. The van der Waals surface area contributed by atoms with Crippen LogP contribution in [0.1, 0.15) is 155 Å². The molecule has 0 aliphatic carbocycles. The molecule has 0 heterocycles. The van der Waals surface area contributed by atoms with Gasteiger partial charge in [0.15, 0.2) is 6.10 Å². The van der Waals surface area contributed by atoms with Crippen molar-refractivity contribution in [2.75, 3.05) is 47.5 Å². The first kappa shape index (κ1) is 53.5. The zero-order valence-corrected chi connectivity index (χ0v) is 37.0. The number of esters is 2. The van der Waals surface area contributed by atoms with Gasteiger partial charge < -0.3 is 18.9 Å². The van der Waals surface area contributed by atoms with Gasteiger partial charge in [-0.3, -0.25) is 18.6 Å². The number of unbranched alkanes of at least 4 members (excludes halogenated alkanes) is 12. The summed E-state index contributed by atoms with van der Waals surface area (Å²) in [6.07, 6.45) is 46.6. The quantitative estimate of drug-likeness (QED) is 0.0216. The standard InChI is InChI=1S/C46H80NO8P/c1-6-8-10-12-14-16-18-20-22-23-25-27-29-31-33-35-37-39-46(49)55-44(43-54-56(50,51)53-41-40-47(3,4)5)42-52-45(48)38-36-34-32-30-28-26-24-21-19-17-15-13-11-9-7-2/h9,11,14-17,20-22,24-25,27,44H,6-8,10,12-13,18-19,23,26,28-43H2,1-5H3/p+1/b11-9+,16-14+,17-15+,22-20+,24-21+,27-25+/t44-/m1/s1. The normalized spacial score (nSPS) is 14.3. The van der Waals surface area contributed by atoms with Crippen LogP contribution >= 0.6 is 7.82 Å². The Morgan fingerprint density at radius 3 is 1.52 bits per heavy atom. The summed E-state index contributed by atoms with van der Waals surface area (Å²) in [4.78, 5) is 35.3. The van der Waals surface area contributed by atoms with E-state index >= 15 is 0 Å². The predicted octanol–water partition coefficient (Wildman–Crippen LogP) is 12.2. The Morgan fingerprint density at radius 1 is 0.571 bits per heavy atom. The Bertz CT molecular complexity index is 1180. The van der Waals surface area contributed by atoms with Crippen molar-refractivity contribution in [2.45, 2.75) is 161 Å². The summed E-state index contributed by atoms with van der Waals surface area (Å²) >= 11 is 0. The minimum absolute atomic E-state index is 0.0202. The summed E-state index contributed by atoms with van der Waals surface area (Å²) in [7, 11) is 1.44. The first-order valence-corrected chi connectivity index (χ1v) is 23.2. The molecule has 10 heteroatoms. The number of ether oxygens (including phenoxy) is 2. The number of phosphoric acid groups is 1. The van der Waals surface area contributed by atoms with Gasteiger partial charge in [0.1, 0.15) is 19.8 Å². The van der Waals surface area contributed by atoms with Crippen molar-refractivity contribution in [3.63, 3.8) is 0 Å². The molecule has 0 saturated heterocycles. The molecule has 0 aliphatic rings. The third-order valence-corrected chi connectivity index (χ3v) is 9.70. The van der Waals surface area contributed by atoms with E-state index in [-0.39, 0.29) is 26.1 Å². The Hall–Kier alpha value is -2.55. The molecule has 0 rings (SSSR count). The monoisotopic (exact) mass is 807 g/mol. The second kappa shape index (κ2) is 38.0. The minimum atomic E-state index is -4.39. The van der Waals surface area contributed by atoms with Gasteiger partial charge in [-0.05, 0) is 83.5 Å². The number of hydrogen-bond acceptors (Lipinski definition) is 7. The average Bonchev–Trinajstić information content (AvgIpc) is 3.15. The number of likely N-dealkylation sites (N-methyl/N-ethyl adjacent to an activating group) is 1. The maximum absolute atomic E-state index is 12.7. The molecule has 0 aliphatic heterocycles. The predicted molar refractivity (Wildman–Crippen MR) is 233 cm³/mol. The van der Waals surface area contributed by atoms with E-state index < -0.39 is 32.5 Å². The highest BCUT2D eigenvalue weighted by atomic mass is 31.2. The van der Waals surface area contributed by atoms with Gasteiger partial charge in [-0.1, -0.05) is 132 Å². The van der Waals surface area contributed by atoms with Gasteiger partial charge in [0.2, 0.25) is 0 Å². The van der Waals surface area contributed by atoms with E-state index in [0.29, 0.717) is 23.9 Å². The molecule has 0 fully saturated rings. The van der Waals surface area contributed by atoms with E-state index in [9.17, 15) is 19.0 Å². The summed E-state index contributed by atoms with van der Waals surface area (Å²) < 4.78 is 34.2. The van der Waals surface area contributed by atoms with Gasteiger partial charge in [0.25, 0.3) is 0 Å². The second-order valence-corrected chi connectivity index (χ2v) is 16.8. The SMILES string of the molecule is CC/C=C/C/C=C/C/C=C/CCCCCCCC(=O)OC[C@H](COP(=O)(O)OCC[N+](C)(C)C)OC(=O)CCCCCC/C=C/C/C=C/C/C=C/CCCCC. The summed E-state index contributed by atoms with van der Waals surface area (Å²) in [5.74, 6) is -0.851. The molecule has 56 heavy (non-hydrogen) atoms. The molecule has 0 aromatic heterocycles. The highest BCUT2D eigenvalue weighted by molar-refractivity contribution is 7.47. The fourth-order valence-electron chi connectivity index (χ4n) is 5.33. The van der Waals surface area contributed by atoms with Crippen LogP contribution in [0.3, 0.4) is 0 Å². The van der Waals surface area contributed by atoms with Crippen LogP contribution in [0.25, 0.3) is 0 Å². The first-order chi connectivity index (χ1) is 27.0. The maximum atomic E-state index is 12.7. The van der Waals surface area contributed by atoms with Crippen LogP contribution in [0.4, 0.5) is 0 Å². The summed E-state index contributed by atoms with van der Waals surface area (Å²) in [6, 6.07) is 0. The molecule has 0 bridgehead atoms. The summed E-state index contributed by atoms with van der Waals surface area (Å²) in [5, 5.41) is 0. The zero-order valence-electron chi connectivity index (χ0n) is 36.1. The third-order valence-electron chi connectivity index (χ3n) is 8.72. The molecular weight excluding hydrogens is 725 g/mol. The van der Waals surface area contributed by atoms with Crippen LogP contribution < -0.4 is 0 Å². The number of phosphoric ester groups is 1. The molecular formula is C46H81NO8P+. The molecule has 2 atom stereocenters. The van der Waals surface area contributed by atoms with Crippen LogP contribution in [0, 0.1) is 0 Å². The lowest BCUT2D eigenvalue weighted by atomic mass is 10.1. The molecule has 0 saturated carbocycles. The highest BCUT2D eigenvalue weighted by Gasteiger charge is 2.27. The van der Waals surface area contributed by atoms with Crippen molar-refractivity contribution in [1.82, 2.24) is 0 Å². The van der Waals surface area contributed by atoms with E-state index in [1.807, 2.05) is 21.1 Å². The van der Waals surface area contributed by atoms with Crippen molar-refractivity contribution < 1.29 is 42.1 Å². The fourth-order valence-corrected chi connectivity index (χ4v) is 6.07. The molecule has 0 aromatic rings. The van der Waals surface area contributed by atoms with E-state index in [1.54, 1.807) is 0 Å². The van der Waals surface area contributed by atoms with Crippen molar-refractivity contribution in [1.29, 1.82) is 0 Å². The Morgan fingerprint density at radius 2 is 1.02 bits per heavy atom. The number of quaternary nitrogens is 1. The van der Waals surface area contributed by atoms with Crippen molar-refractivity contribution >= 4 is 19.8 Å². The molecule has 322 valence electrons. The highest BCUT2D eigenvalue weighted by Crippen LogP contribution is 2.43. The molecule has 0 aromatic carbocycles. The van der Waals surface area contributed by atoms with Crippen LogP contribution in [-0.2, 0) is 32.7 Å². The van der Waals surface area contributed by atoms with Gasteiger partial charge in [-0.2, -0.15) is 0 Å². The van der Waals surface area contributed by atoms with E-state index in [0.717, 1.165) is 89.9 Å². The largest absolute Gasteiger partial charge is 0.472 e. The number of hydrogen-bond donors (Lipinski definition) is 1. The Balaban J connectivity index is 4.46. The molecule has 0 spiro atoms. The van der Waals surface area contributed by atoms with Gasteiger partial charge >= 0.3 is 19.8 Å². The first-order valence-electron chi connectivity index (χ1n) is 21.7. The van der Waals surface area contributed by atoms with Gasteiger partial charge in [-0.25, -0.2) is 4.57 Å². The van der Waals surface area contributed by atoms with Crippen LogP contribution in [0.15, 0.2) is 72.9 Å². The van der Waals surface area contributed by atoms with Gasteiger partial charge in [0, 0.05) is 12.8 Å². The Labute approximate surface area is 342 Å².